The summed E-state index contributed by atoms with van der Waals surface area (Å²) in [5, 5.41) is 1.77. The molecule has 0 fully saturated rings. The van der Waals surface area contributed by atoms with Crippen LogP contribution in [-0.2, 0) is 0 Å². The number of halogens is 5. The number of fused-ring (bicyclic) bond motifs is 1. The van der Waals surface area contributed by atoms with Crippen LogP contribution in [0.5, 0.6) is 0 Å². The maximum absolute atomic E-state index is 14.8. The van der Waals surface area contributed by atoms with Crippen molar-refractivity contribution in [2.75, 3.05) is 19.0 Å². The van der Waals surface area contributed by atoms with E-state index < -0.39 is 40.8 Å². The Hall–Kier alpha value is -4.28. The highest BCUT2D eigenvalue weighted by molar-refractivity contribution is 5.97. The number of aryl methyl sites for hydroxylation is 1. The van der Waals surface area contributed by atoms with E-state index in [2.05, 4.69) is 4.98 Å². The molecule has 11 heteroatoms. The number of rotatable bonds is 5. The van der Waals surface area contributed by atoms with Crippen LogP contribution in [0.2, 0.25) is 0 Å². The van der Waals surface area contributed by atoms with Crippen LogP contribution in [-0.4, -0.2) is 35.7 Å². The van der Waals surface area contributed by atoms with E-state index in [4.69, 9.17) is 0 Å². The molecule has 2 aromatic heterocycles. The molecule has 0 bridgehead atoms. The molecule has 1 N–H and O–H groups in total. The van der Waals surface area contributed by atoms with Gasteiger partial charge in [0.25, 0.3) is 5.91 Å². The number of anilines is 1. The van der Waals surface area contributed by atoms with E-state index >= 15 is 0 Å². The zero-order valence-electron chi connectivity index (χ0n) is 19.9. The lowest BCUT2D eigenvalue weighted by atomic mass is 10.0. The van der Waals surface area contributed by atoms with Crippen molar-refractivity contribution in [1.29, 1.82) is 0 Å². The third kappa shape index (κ3) is 5.02. The van der Waals surface area contributed by atoms with Gasteiger partial charge in [-0.15, -0.1) is 0 Å². The highest BCUT2D eigenvalue weighted by Gasteiger charge is 2.43. The van der Waals surface area contributed by atoms with E-state index in [1.165, 1.54) is 37.3 Å². The highest BCUT2D eigenvalue weighted by atomic mass is 19.4. The third-order valence-corrected chi connectivity index (χ3v) is 5.81. The van der Waals surface area contributed by atoms with E-state index in [-0.39, 0.29) is 27.8 Å². The highest BCUT2D eigenvalue weighted by Crippen LogP contribution is 2.34. The Balaban J connectivity index is 1.92. The maximum Gasteiger partial charge on any atom is 0.412 e. The van der Waals surface area contributed by atoms with Crippen molar-refractivity contribution in [2.24, 2.45) is 0 Å². The topological polar surface area (TPSA) is 67.2 Å². The molecule has 0 saturated carbocycles. The number of pyridine rings is 2. The second kappa shape index (κ2) is 9.64. The first-order chi connectivity index (χ1) is 17.4. The second-order valence-corrected chi connectivity index (χ2v) is 8.58. The summed E-state index contributed by atoms with van der Waals surface area (Å²) in [4.78, 5) is 32.4. The van der Waals surface area contributed by atoms with Gasteiger partial charge in [-0.05, 0) is 42.3 Å². The minimum absolute atomic E-state index is 0.0652. The first-order valence-corrected chi connectivity index (χ1v) is 11.0. The minimum atomic E-state index is -4.87. The van der Waals surface area contributed by atoms with E-state index in [0.717, 1.165) is 22.9 Å². The van der Waals surface area contributed by atoms with Crippen LogP contribution in [0.25, 0.3) is 16.7 Å². The van der Waals surface area contributed by atoms with E-state index in [0.29, 0.717) is 11.9 Å². The van der Waals surface area contributed by atoms with Crippen molar-refractivity contribution in [3.8, 4) is 5.69 Å². The van der Waals surface area contributed by atoms with Crippen molar-refractivity contribution in [1.82, 2.24) is 14.9 Å². The van der Waals surface area contributed by atoms with Gasteiger partial charge in [0.15, 0.2) is 11.7 Å². The van der Waals surface area contributed by atoms with Crippen molar-refractivity contribution in [2.45, 2.75) is 19.1 Å². The molecule has 1 atom stereocenters. The largest absolute Gasteiger partial charge is 0.412 e. The minimum Gasteiger partial charge on any atom is -0.363 e. The van der Waals surface area contributed by atoms with Gasteiger partial charge < -0.3 is 10.2 Å². The molecule has 0 saturated heterocycles. The fourth-order valence-corrected chi connectivity index (χ4v) is 3.92. The van der Waals surface area contributed by atoms with Crippen LogP contribution in [0.1, 0.15) is 27.5 Å². The molecule has 192 valence electrons. The molecule has 1 unspecified atom stereocenters. The van der Waals surface area contributed by atoms with Gasteiger partial charge >= 0.3 is 6.18 Å². The molecule has 0 radical (unpaired) electrons. The SMILES string of the molecule is Cc1ccccc1C(NC(=O)c1cn(-c2ccc(F)cc2F)c2nc(N(C)C)ccc2c1=O)C(F)(F)F. The third-order valence-electron chi connectivity index (χ3n) is 5.81. The van der Waals surface area contributed by atoms with Crippen LogP contribution in [0.15, 0.2) is 65.6 Å². The average molecular weight is 516 g/mol. The van der Waals surface area contributed by atoms with Crippen LogP contribution in [0.4, 0.5) is 27.8 Å². The lowest BCUT2D eigenvalue weighted by Gasteiger charge is -2.24. The fraction of sp³-hybridized carbons (Fsp3) is 0.192. The van der Waals surface area contributed by atoms with Crippen LogP contribution in [0.3, 0.4) is 0 Å². The molecule has 0 aliphatic rings. The van der Waals surface area contributed by atoms with E-state index in [1.807, 2.05) is 5.32 Å². The summed E-state index contributed by atoms with van der Waals surface area (Å²) in [6, 6.07) is 8.72. The molecule has 2 heterocycles. The first kappa shape index (κ1) is 25.8. The van der Waals surface area contributed by atoms with Crippen molar-refractivity contribution in [3.63, 3.8) is 0 Å². The lowest BCUT2D eigenvalue weighted by molar-refractivity contribution is -0.155. The molecule has 6 nitrogen and oxygen atoms in total. The normalized spacial score (nSPS) is 12.4. The summed E-state index contributed by atoms with van der Waals surface area (Å²) in [7, 11) is 3.36. The number of amides is 1. The quantitative estimate of drug-likeness (QED) is 0.376. The molecule has 4 aromatic rings. The summed E-state index contributed by atoms with van der Waals surface area (Å²) < 4.78 is 71.3. The molecule has 1 amide bonds. The van der Waals surface area contributed by atoms with Crippen LogP contribution in [0, 0.1) is 18.6 Å². The molecule has 4 rings (SSSR count). The monoisotopic (exact) mass is 516 g/mol. The Labute approximate surface area is 208 Å². The average Bonchev–Trinajstić information content (AvgIpc) is 2.83. The Bertz CT molecular complexity index is 1560. The van der Waals surface area contributed by atoms with Gasteiger partial charge in [0.05, 0.1) is 11.1 Å². The van der Waals surface area contributed by atoms with Crippen molar-refractivity contribution >= 4 is 22.8 Å². The van der Waals surface area contributed by atoms with Crippen LogP contribution >= 0.6 is 0 Å². The predicted octanol–water partition coefficient (Wildman–Crippen LogP) is 5.07. The first-order valence-electron chi connectivity index (χ1n) is 11.0. The zero-order chi connectivity index (χ0) is 27.1. The number of hydrogen-bond acceptors (Lipinski definition) is 4. The number of nitrogens with one attached hydrogen (secondary N) is 1. The van der Waals surface area contributed by atoms with Crippen molar-refractivity contribution < 1.29 is 26.7 Å². The maximum atomic E-state index is 14.8. The molecule has 0 spiro atoms. The Kier molecular flexibility index (Phi) is 6.72. The predicted molar refractivity (Wildman–Crippen MR) is 129 cm³/mol. The molecule has 0 aliphatic heterocycles. The number of carbonyl (C=O) groups is 1. The number of nitrogens with zero attached hydrogens (tertiary/aromatic N) is 3. The summed E-state index contributed by atoms with van der Waals surface area (Å²) in [5.41, 5.74) is -1.78. The van der Waals surface area contributed by atoms with Gasteiger partial charge in [-0.25, -0.2) is 13.8 Å². The fourth-order valence-electron chi connectivity index (χ4n) is 3.92. The van der Waals surface area contributed by atoms with Gasteiger partial charge in [0, 0.05) is 26.4 Å². The van der Waals surface area contributed by atoms with Gasteiger partial charge in [-0.1, -0.05) is 24.3 Å². The molecule has 37 heavy (non-hydrogen) atoms. The van der Waals surface area contributed by atoms with Gasteiger partial charge in [0.1, 0.15) is 23.0 Å². The van der Waals surface area contributed by atoms with Gasteiger partial charge in [-0.3, -0.25) is 14.2 Å². The smallest absolute Gasteiger partial charge is 0.363 e. The zero-order valence-corrected chi connectivity index (χ0v) is 19.9. The molecular formula is C26H21F5N4O2. The summed E-state index contributed by atoms with van der Waals surface area (Å²) in [5.74, 6) is -2.82. The van der Waals surface area contributed by atoms with E-state index in [1.54, 1.807) is 25.1 Å². The van der Waals surface area contributed by atoms with Gasteiger partial charge in [0.2, 0.25) is 5.43 Å². The molecular weight excluding hydrogens is 495 g/mol. The summed E-state index contributed by atoms with van der Waals surface area (Å²) in [6.45, 7) is 1.47. The number of aromatic nitrogens is 2. The second-order valence-electron chi connectivity index (χ2n) is 8.58. The van der Waals surface area contributed by atoms with Gasteiger partial charge in [-0.2, -0.15) is 13.2 Å². The Morgan fingerprint density at radius 1 is 1.05 bits per heavy atom. The molecule has 0 aliphatic carbocycles. The Morgan fingerprint density at radius 2 is 1.76 bits per heavy atom. The van der Waals surface area contributed by atoms with E-state index in [9.17, 15) is 31.5 Å². The number of hydrogen-bond donors (Lipinski definition) is 1. The Morgan fingerprint density at radius 3 is 2.38 bits per heavy atom. The standard InChI is InChI=1S/C26H21F5N4O2/c1-14-6-4-5-7-16(14)23(26(29,30)31)33-25(37)18-13-35(20-10-8-15(27)12-19(20)28)24-17(22(18)36)9-11-21(32-24)34(2)3/h4-13,23H,1-3H3,(H,33,37). The number of alkyl halides is 3. The number of benzene rings is 2. The lowest BCUT2D eigenvalue weighted by Crippen LogP contribution is -2.40. The summed E-state index contributed by atoms with van der Waals surface area (Å²) in [6.07, 6.45) is -3.96. The molecule has 2 aromatic carbocycles. The van der Waals surface area contributed by atoms with Crippen LogP contribution < -0.4 is 15.6 Å². The summed E-state index contributed by atoms with van der Waals surface area (Å²) >= 11 is 0. The number of carbonyl (C=O) groups excluding carboxylic acids is 1. The van der Waals surface area contributed by atoms with Crippen molar-refractivity contribution in [3.05, 3.63) is 99.3 Å².